The van der Waals surface area contributed by atoms with Gasteiger partial charge in [0.2, 0.25) is 5.91 Å². The van der Waals surface area contributed by atoms with Crippen molar-refractivity contribution in [3.8, 4) is 0 Å². The number of amides is 2. The maximum atomic E-state index is 14.4. The van der Waals surface area contributed by atoms with Gasteiger partial charge in [0.15, 0.2) is 0 Å². The van der Waals surface area contributed by atoms with Crippen LogP contribution in [0.4, 0.5) is 5.69 Å². The van der Waals surface area contributed by atoms with Crippen LogP contribution in [-0.2, 0) is 16.0 Å². The predicted molar refractivity (Wildman–Crippen MR) is 185 cm³/mol. The fraction of sp³-hybridized carbons (Fsp3) is 0.405. The van der Waals surface area contributed by atoms with Crippen LogP contribution in [0.3, 0.4) is 0 Å². The number of rotatable bonds is 5. The highest BCUT2D eigenvalue weighted by atomic mass is 35.5. The van der Waals surface area contributed by atoms with E-state index in [4.69, 9.17) is 16.3 Å². The minimum Gasteiger partial charge on any atom is -0.385 e. The summed E-state index contributed by atoms with van der Waals surface area (Å²) >= 11 is 6.07. The normalized spacial score (nSPS) is 18.9. The molecule has 7 nitrogen and oxygen atoms in total. The van der Waals surface area contributed by atoms with Crippen molar-refractivity contribution in [3.63, 3.8) is 0 Å². The molecule has 2 amide bonds. The van der Waals surface area contributed by atoms with E-state index < -0.39 is 12.0 Å². The Morgan fingerprint density at radius 2 is 1.71 bits per heavy atom. The number of carbonyl (C=O) groups is 2. The van der Waals surface area contributed by atoms with Gasteiger partial charge in [0.1, 0.15) is 0 Å². The van der Waals surface area contributed by atoms with E-state index in [2.05, 4.69) is 42.0 Å². The number of hydrogen-bond donors (Lipinski definition) is 1. The van der Waals surface area contributed by atoms with Gasteiger partial charge in [-0.3, -0.25) is 9.59 Å². The molecule has 2 aliphatic heterocycles. The van der Waals surface area contributed by atoms with Gasteiger partial charge in [-0.2, -0.15) is 0 Å². The van der Waals surface area contributed by atoms with Gasteiger partial charge >= 0.3 is 0 Å². The third-order valence-corrected chi connectivity index (χ3v) is 8.83. The predicted octanol–water partition coefficient (Wildman–Crippen LogP) is 7.51. The molecular formula is C37H47ClN4O3. The molecule has 0 radical (unpaired) electrons. The molecule has 3 heterocycles. The SMILES string of the molecule is CC.CC1=CC=CCc2c(C3C(C(=O)N4CCN(c5ccc(Cl)cc5)CC4)c4ccccc4C(=O)N3C)c[nH]c21.CCCOC. The van der Waals surface area contributed by atoms with Crippen molar-refractivity contribution in [2.75, 3.05) is 51.8 Å². The summed E-state index contributed by atoms with van der Waals surface area (Å²) in [7, 11) is 3.54. The number of allylic oxidation sites excluding steroid dienone is 4. The number of fused-ring (bicyclic) bond motifs is 2. The van der Waals surface area contributed by atoms with Crippen LogP contribution in [0.15, 0.2) is 73.0 Å². The Labute approximate surface area is 273 Å². The lowest BCUT2D eigenvalue weighted by Gasteiger charge is -2.43. The van der Waals surface area contributed by atoms with Crippen molar-refractivity contribution < 1.29 is 14.3 Å². The second-order valence-corrected chi connectivity index (χ2v) is 11.7. The Hall–Kier alpha value is -3.81. The third-order valence-electron chi connectivity index (χ3n) is 8.58. The van der Waals surface area contributed by atoms with Crippen molar-refractivity contribution in [2.45, 2.75) is 52.5 Å². The standard InChI is InChI=1S/C31H31ClN4O2.C4H10O.C2H6/c1-20-7-3-4-9-24-26(19-33-28(20)24)29-27(23-8-5-6-10-25(23)30(37)34(29)2)31(38)36-17-15-35(16-18-36)22-13-11-21(32)12-14-22;1-3-4-5-2;1-2/h3-8,10-14,19,27,29,33H,9,15-18H2,1-2H3;3-4H2,1-2H3;1-2H3. The number of halogens is 1. The fourth-order valence-corrected chi connectivity index (χ4v) is 6.48. The second kappa shape index (κ2) is 16.0. The molecule has 2 unspecified atom stereocenters. The summed E-state index contributed by atoms with van der Waals surface area (Å²) < 4.78 is 4.69. The Morgan fingerprint density at radius 3 is 2.36 bits per heavy atom. The smallest absolute Gasteiger partial charge is 0.254 e. The number of methoxy groups -OCH3 is 1. The van der Waals surface area contributed by atoms with Gasteiger partial charge in [0.25, 0.3) is 5.91 Å². The van der Waals surface area contributed by atoms with Gasteiger partial charge < -0.3 is 24.4 Å². The van der Waals surface area contributed by atoms with E-state index in [1.807, 2.05) is 80.5 Å². The highest BCUT2D eigenvalue weighted by Crippen LogP contribution is 2.45. The number of H-pyrrole nitrogens is 1. The van der Waals surface area contributed by atoms with Crippen LogP contribution >= 0.6 is 11.6 Å². The summed E-state index contributed by atoms with van der Waals surface area (Å²) in [5.41, 5.74) is 6.93. The molecule has 1 aliphatic carbocycles. The zero-order valence-corrected chi connectivity index (χ0v) is 28.2. The lowest BCUT2D eigenvalue weighted by atomic mass is 9.78. The van der Waals surface area contributed by atoms with Gasteiger partial charge in [0.05, 0.1) is 12.0 Å². The molecule has 8 heteroatoms. The molecule has 45 heavy (non-hydrogen) atoms. The monoisotopic (exact) mass is 630 g/mol. The number of carbonyl (C=O) groups excluding carboxylic acids is 2. The molecule has 1 fully saturated rings. The van der Waals surface area contributed by atoms with Crippen LogP contribution in [0, 0.1) is 0 Å². The number of nitrogens with one attached hydrogen (secondary N) is 1. The Morgan fingerprint density at radius 1 is 1.02 bits per heavy atom. The first-order valence-corrected chi connectivity index (χ1v) is 16.4. The van der Waals surface area contributed by atoms with Crippen LogP contribution < -0.4 is 4.90 Å². The van der Waals surface area contributed by atoms with Crippen molar-refractivity contribution in [2.24, 2.45) is 0 Å². The summed E-state index contributed by atoms with van der Waals surface area (Å²) in [5, 5.41) is 0.715. The second-order valence-electron chi connectivity index (χ2n) is 11.3. The summed E-state index contributed by atoms with van der Waals surface area (Å²) in [6.45, 7) is 11.8. The van der Waals surface area contributed by atoms with Crippen LogP contribution in [0.25, 0.3) is 5.57 Å². The molecule has 1 saturated heterocycles. The average molecular weight is 631 g/mol. The first-order chi connectivity index (χ1) is 21.8. The molecule has 0 saturated carbocycles. The molecule has 240 valence electrons. The molecule has 2 atom stereocenters. The molecule has 1 aromatic heterocycles. The zero-order chi connectivity index (χ0) is 32.5. The molecule has 0 spiro atoms. The number of piperazine rings is 1. The molecule has 3 aromatic rings. The number of ether oxygens (including phenoxy) is 1. The van der Waals surface area contributed by atoms with E-state index in [0.717, 1.165) is 66.2 Å². The lowest BCUT2D eigenvalue weighted by molar-refractivity contribution is -0.134. The van der Waals surface area contributed by atoms with Gasteiger partial charge in [-0.15, -0.1) is 0 Å². The highest BCUT2D eigenvalue weighted by molar-refractivity contribution is 6.30. The lowest BCUT2D eigenvalue weighted by Crippen LogP contribution is -2.53. The first kappa shape index (κ1) is 34.1. The van der Waals surface area contributed by atoms with Gasteiger partial charge in [0, 0.05) is 75.1 Å². The number of aromatic nitrogens is 1. The van der Waals surface area contributed by atoms with Crippen LogP contribution in [0.2, 0.25) is 5.02 Å². The van der Waals surface area contributed by atoms with E-state index in [1.54, 1.807) is 12.0 Å². The Bertz CT molecular complexity index is 1500. The van der Waals surface area contributed by atoms with Gasteiger partial charge in [-0.25, -0.2) is 0 Å². The number of anilines is 1. The van der Waals surface area contributed by atoms with E-state index >= 15 is 0 Å². The molecular weight excluding hydrogens is 584 g/mol. The summed E-state index contributed by atoms with van der Waals surface area (Å²) in [6, 6.07) is 15.1. The van der Waals surface area contributed by atoms with Crippen LogP contribution in [0.1, 0.15) is 78.8 Å². The Kier molecular flexibility index (Phi) is 12.1. The number of benzene rings is 2. The van der Waals surface area contributed by atoms with Crippen molar-refractivity contribution in [1.82, 2.24) is 14.8 Å². The highest BCUT2D eigenvalue weighted by Gasteiger charge is 2.45. The Balaban J connectivity index is 0.000000602. The summed E-state index contributed by atoms with van der Waals surface area (Å²) in [5.74, 6) is -0.454. The zero-order valence-electron chi connectivity index (χ0n) is 27.5. The molecule has 6 rings (SSSR count). The molecule has 2 aromatic carbocycles. The third kappa shape index (κ3) is 7.37. The molecule has 0 bridgehead atoms. The van der Waals surface area contributed by atoms with Crippen molar-refractivity contribution in [3.05, 3.63) is 106 Å². The topological polar surface area (TPSA) is 68.9 Å². The largest absolute Gasteiger partial charge is 0.385 e. The minimum absolute atomic E-state index is 0.0476. The minimum atomic E-state index is -0.479. The summed E-state index contributed by atoms with van der Waals surface area (Å²) in [6.07, 6.45) is 10.2. The van der Waals surface area contributed by atoms with Crippen LogP contribution in [0.5, 0.6) is 0 Å². The molecule has 1 N–H and O–H groups in total. The fourth-order valence-electron chi connectivity index (χ4n) is 6.35. The number of likely N-dealkylation sites (N-methyl/N-ethyl adjacent to an activating group) is 1. The van der Waals surface area contributed by atoms with Gasteiger partial charge in [-0.1, -0.05) is 68.8 Å². The van der Waals surface area contributed by atoms with Gasteiger partial charge in [-0.05, 0) is 72.4 Å². The number of aromatic amines is 1. The number of hydrogen-bond acceptors (Lipinski definition) is 4. The maximum absolute atomic E-state index is 14.4. The summed E-state index contributed by atoms with van der Waals surface area (Å²) in [4.78, 5) is 37.4. The average Bonchev–Trinajstić information content (AvgIpc) is 3.40. The number of nitrogens with zero attached hydrogens (tertiary/aromatic N) is 3. The van der Waals surface area contributed by atoms with E-state index in [-0.39, 0.29) is 11.8 Å². The first-order valence-electron chi connectivity index (χ1n) is 16.0. The van der Waals surface area contributed by atoms with Crippen molar-refractivity contribution in [1.29, 1.82) is 0 Å². The van der Waals surface area contributed by atoms with Crippen molar-refractivity contribution >= 4 is 34.7 Å². The maximum Gasteiger partial charge on any atom is 0.254 e. The van der Waals surface area contributed by atoms with Crippen LogP contribution in [-0.4, -0.2) is 73.5 Å². The van der Waals surface area contributed by atoms with E-state index in [1.165, 1.54) is 0 Å². The molecule has 3 aliphatic rings. The van der Waals surface area contributed by atoms with E-state index in [9.17, 15) is 9.59 Å². The quantitative estimate of drug-likeness (QED) is 0.317. The van der Waals surface area contributed by atoms with E-state index in [0.29, 0.717) is 23.7 Å².